The number of nitrogens with one attached hydrogen (secondary N) is 1. The maximum absolute atomic E-state index is 12.4. The number of nitrogens with zero attached hydrogens (tertiary/aromatic N) is 2. The standard InChI is InChI=1S/C19H24N3O4S/c23-22(24)18-9-3-4-10-19(18)27(25,26)20-12-5-6-13-21-14-11-16-7-1-2-8-17(16)15-21/h1-4,7-10,20,23H,5-6,11-15H2/q-1. The van der Waals surface area contributed by atoms with Crippen LogP contribution in [0.15, 0.2) is 53.4 Å². The van der Waals surface area contributed by atoms with Gasteiger partial charge in [-0.2, -0.15) is 0 Å². The highest BCUT2D eigenvalue weighted by atomic mass is 32.2. The van der Waals surface area contributed by atoms with Gasteiger partial charge >= 0.3 is 0 Å². The van der Waals surface area contributed by atoms with Gasteiger partial charge in [0.05, 0.1) is 5.69 Å². The molecule has 0 saturated carbocycles. The minimum Gasteiger partial charge on any atom is -0.733 e. The second kappa shape index (κ2) is 8.81. The number of rotatable bonds is 8. The van der Waals surface area contributed by atoms with Crippen LogP contribution in [-0.2, 0) is 23.0 Å². The van der Waals surface area contributed by atoms with E-state index in [1.807, 2.05) is 0 Å². The molecule has 0 aromatic heterocycles. The summed E-state index contributed by atoms with van der Waals surface area (Å²) < 4.78 is 27.2. The number of hydrogen-bond acceptors (Lipinski definition) is 6. The Bertz CT molecular complexity index is 871. The molecule has 1 heterocycles. The molecule has 0 saturated heterocycles. The van der Waals surface area contributed by atoms with Crippen LogP contribution in [0.3, 0.4) is 0 Å². The number of hydrogen-bond donors (Lipinski definition) is 2. The summed E-state index contributed by atoms with van der Waals surface area (Å²) >= 11 is 0. The van der Waals surface area contributed by atoms with E-state index in [-0.39, 0.29) is 17.1 Å². The molecule has 0 spiro atoms. The first-order valence-corrected chi connectivity index (χ1v) is 10.5. The molecule has 0 amide bonds. The van der Waals surface area contributed by atoms with Gasteiger partial charge in [0.1, 0.15) is 4.90 Å². The smallest absolute Gasteiger partial charge is 0.242 e. The number of para-hydroxylation sites is 1. The summed E-state index contributed by atoms with van der Waals surface area (Å²) in [6.07, 6.45) is 2.62. The lowest BCUT2D eigenvalue weighted by molar-refractivity contribution is 0.249. The number of unbranched alkanes of at least 4 members (excludes halogenated alkanes) is 1. The third-order valence-electron chi connectivity index (χ3n) is 4.76. The topological polar surface area (TPSA) is 95.9 Å². The van der Waals surface area contributed by atoms with Gasteiger partial charge in [0, 0.05) is 19.6 Å². The molecular weight excluding hydrogens is 366 g/mol. The van der Waals surface area contributed by atoms with E-state index < -0.39 is 15.2 Å². The van der Waals surface area contributed by atoms with E-state index in [1.54, 1.807) is 0 Å². The highest BCUT2D eigenvalue weighted by Gasteiger charge is 2.18. The van der Waals surface area contributed by atoms with Crippen molar-refractivity contribution in [1.82, 2.24) is 9.62 Å². The number of anilines is 1. The van der Waals surface area contributed by atoms with Gasteiger partial charge in [-0.05, 0) is 49.1 Å². The van der Waals surface area contributed by atoms with E-state index >= 15 is 0 Å². The molecule has 2 aromatic rings. The Morgan fingerprint density at radius 2 is 1.78 bits per heavy atom. The Kier molecular flexibility index (Phi) is 6.46. The SMILES string of the molecule is O=S(=O)(NCCCCN1CCc2ccccc2C1)c1ccccc1N([O-])O. The molecule has 0 unspecified atom stereocenters. The number of fused-ring (bicyclic) bond motifs is 1. The lowest BCUT2D eigenvalue weighted by Crippen LogP contribution is -2.32. The Morgan fingerprint density at radius 1 is 1.07 bits per heavy atom. The zero-order valence-corrected chi connectivity index (χ0v) is 15.9. The molecule has 2 N–H and O–H groups in total. The Hall–Kier alpha value is -1.97. The van der Waals surface area contributed by atoms with E-state index in [9.17, 15) is 13.6 Å². The predicted octanol–water partition coefficient (Wildman–Crippen LogP) is 2.50. The van der Waals surface area contributed by atoms with E-state index in [4.69, 9.17) is 5.21 Å². The molecule has 1 aliphatic rings. The monoisotopic (exact) mass is 390 g/mol. The molecule has 8 heteroatoms. The van der Waals surface area contributed by atoms with Crippen molar-refractivity contribution < 1.29 is 13.6 Å². The van der Waals surface area contributed by atoms with Gasteiger partial charge in [0.25, 0.3) is 0 Å². The van der Waals surface area contributed by atoms with Crippen molar-refractivity contribution in [3.05, 3.63) is 64.9 Å². The van der Waals surface area contributed by atoms with Gasteiger partial charge in [-0.1, -0.05) is 36.4 Å². The summed E-state index contributed by atoms with van der Waals surface area (Å²) in [6, 6.07) is 14.0. The van der Waals surface area contributed by atoms with Crippen LogP contribution < -0.4 is 9.95 Å². The van der Waals surface area contributed by atoms with Crippen LogP contribution in [0.2, 0.25) is 0 Å². The lowest BCUT2D eigenvalue weighted by atomic mass is 10.00. The molecule has 3 rings (SSSR count). The zero-order valence-electron chi connectivity index (χ0n) is 15.0. The van der Waals surface area contributed by atoms with Gasteiger partial charge in [0.15, 0.2) is 0 Å². The highest BCUT2D eigenvalue weighted by molar-refractivity contribution is 7.89. The normalized spacial score (nSPS) is 14.7. The van der Waals surface area contributed by atoms with Crippen molar-refractivity contribution >= 4 is 15.7 Å². The summed E-state index contributed by atoms with van der Waals surface area (Å²) in [5, 5.41) is 19.8. The lowest BCUT2D eigenvalue weighted by Gasteiger charge is -2.28. The minimum absolute atomic E-state index is 0.227. The van der Waals surface area contributed by atoms with Crippen LogP contribution in [0.5, 0.6) is 0 Å². The predicted molar refractivity (Wildman–Crippen MR) is 104 cm³/mol. The van der Waals surface area contributed by atoms with Gasteiger partial charge < -0.3 is 10.4 Å². The van der Waals surface area contributed by atoms with Gasteiger partial charge in [-0.15, -0.1) is 0 Å². The average Bonchev–Trinajstić information content (AvgIpc) is 2.67. The van der Waals surface area contributed by atoms with Crippen molar-refractivity contribution in [2.45, 2.75) is 30.7 Å². The molecule has 0 radical (unpaired) electrons. The summed E-state index contributed by atoms with van der Waals surface area (Å²) in [5.74, 6) is 0. The van der Waals surface area contributed by atoms with Crippen LogP contribution >= 0.6 is 0 Å². The van der Waals surface area contributed by atoms with Gasteiger partial charge in [0.2, 0.25) is 10.0 Å². The summed E-state index contributed by atoms with van der Waals surface area (Å²) in [7, 11) is -3.85. The largest absolute Gasteiger partial charge is 0.733 e. The van der Waals surface area contributed by atoms with Crippen LogP contribution in [0.25, 0.3) is 0 Å². The van der Waals surface area contributed by atoms with Gasteiger partial charge in [-0.25, -0.2) is 13.1 Å². The fraction of sp³-hybridized carbons (Fsp3) is 0.368. The first-order chi connectivity index (χ1) is 13.0. The quantitative estimate of drug-likeness (QED) is 0.531. The molecular formula is C19H24N3O4S-. The molecule has 7 nitrogen and oxygen atoms in total. The van der Waals surface area contributed by atoms with E-state index in [0.29, 0.717) is 6.42 Å². The Labute approximate surface area is 159 Å². The molecule has 1 aliphatic heterocycles. The summed E-state index contributed by atoms with van der Waals surface area (Å²) in [4.78, 5) is 2.16. The van der Waals surface area contributed by atoms with E-state index in [1.165, 1.54) is 35.4 Å². The number of sulfonamides is 1. The fourth-order valence-electron chi connectivity index (χ4n) is 3.33. The maximum Gasteiger partial charge on any atom is 0.242 e. The van der Waals surface area contributed by atoms with Crippen molar-refractivity contribution in [3.8, 4) is 0 Å². The third kappa shape index (κ3) is 5.06. The summed E-state index contributed by atoms with van der Waals surface area (Å²) in [6.45, 7) is 3.15. The Morgan fingerprint density at radius 3 is 2.56 bits per heavy atom. The molecule has 0 bridgehead atoms. The second-order valence-electron chi connectivity index (χ2n) is 6.64. The van der Waals surface area contributed by atoms with Crippen LogP contribution in [0, 0.1) is 5.21 Å². The van der Waals surface area contributed by atoms with Crippen molar-refractivity contribution in [2.24, 2.45) is 0 Å². The first kappa shape index (κ1) is 19.8. The molecule has 27 heavy (non-hydrogen) atoms. The maximum atomic E-state index is 12.4. The van der Waals surface area contributed by atoms with Crippen molar-refractivity contribution in [2.75, 3.05) is 24.9 Å². The van der Waals surface area contributed by atoms with Crippen LogP contribution in [0.4, 0.5) is 5.69 Å². The third-order valence-corrected chi connectivity index (χ3v) is 6.27. The van der Waals surface area contributed by atoms with Crippen molar-refractivity contribution in [3.63, 3.8) is 0 Å². The zero-order chi connectivity index (χ0) is 19.3. The molecule has 0 atom stereocenters. The molecule has 0 fully saturated rings. The van der Waals surface area contributed by atoms with Crippen LogP contribution in [-0.4, -0.2) is 38.2 Å². The minimum atomic E-state index is -3.85. The van der Waals surface area contributed by atoms with Crippen molar-refractivity contribution in [1.29, 1.82) is 0 Å². The van der Waals surface area contributed by atoms with E-state index in [2.05, 4.69) is 33.9 Å². The molecule has 0 aliphatic carbocycles. The Balaban J connectivity index is 1.45. The highest BCUT2D eigenvalue weighted by Crippen LogP contribution is 2.23. The second-order valence-corrected chi connectivity index (χ2v) is 8.38. The number of benzene rings is 2. The molecule has 146 valence electrons. The van der Waals surface area contributed by atoms with Gasteiger partial charge in [-0.3, -0.25) is 10.1 Å². The van der Waals surface area contributed by atoms with Crippen LogP contribution in [0.1, 0.15) is 24.0 Å². The summed E-state index contributed by atoms with van der Waals surface area (Å²) in [5.41, 5.74) is 2.49. The molecule has 2 aromatic carbocycles. The fourth-order valence-corrected chi connectivity index (χ4v) is 4.58. The van der Waals surface area contributed by atoms with E-state index in [0.717, 1.165) is 32.5 Å². The average molecular weight is 390 g/mol. The first-order valence-electron chi connectivity index (χ1n) is 9.01.